The second kappa shape index (κ2) is 11.1. The number of benzene rings is 2. The molecule has 0 bridgehead atoms. The molecule has 0 spiro atoms. The lowest BCUT2D eigenvalue weighted by Crippen LogP contribution is -2.46. The fourth-order valence-electron chi connectivity index (χ4n) is 2.70. The van der Waals surface area contributed by atoms with Gasteiger partial charge in [-0.2, -0.15) is 0 Å². The van der Waals surface area contributed by atoms with Gasteiger partial charge in [0.2, 0.25) is 0 Å². The summed E-state index contributed by atoms with van der Waals surface area (Å²) in [5, 5.41) is 2.51. The van der Waals surface area contributed by atoms with Crippen LogP contribution >= 0.6 is 0 Å². The highest BCUT2D eigenvalue weighted by Crippen LogP contribution is 2.19. The Hall–Kier alpha value is -3.15. The first-order chi connectivity index (χ1) is 14.3. The molecule has 1 N–H and O–H groups in total. The summed E-state index contributed by atoms with van der Waals surface area (Å²) in [5.74, 6) is -1.01. The molecule has 2 rings (SSSR count). The third kappa shape index (κ3) is 7.03. The molecule has 0 saturated heterocycles. The van der Waals surface area contributed by atoms with Crippen LogP contribution in [-0.2, 0) is 14.3 Å². The van der Waals surface area contributed by atoms with Crippen molar-refractivity contribution in [3.63, 3.8) is 0 Å². The lowest BCUT2D eigenvalue weighted by molar-refractivity contribution is -0.146. The number of hydrogen-bond acceptors (Lipinski definition) is 5. The van der Waals surface area contributed by atoms with E-state index in [1.165, 1.54) is 0 Å². The van der Waals surface area contributed by atoms with Gasteiger partial charge < -0.3 is 14.8 Å². The summed E-state index contributed by atoms with van der Waals surface area (Å²) in [4.78, 5) is 36.7. The van der Waals surface area contributed by atoms with Crippen molar-refractivity contribution in [2.45, 2.75) is 33.7 Å². The molecule has 160 valence electrons. The molecule has 6 nitrogen and oxygen atoms in total. The average Bonchev–Trinajstić information content (AvgIpc) is 2.74. The maximum atomic E-state index is 12.4. The Bertz CT molecular complexity index is 844. The summed E-state index contributed by atoms with van der Waals surface area (Å²) < 4.78 is 10.2. The largest absolute Gasteiger partial charge is 0.456 e. The van der Waals surface area contributed by atoms with Crippen LogP contribution in [0.15, 0.2) is 54.6 Å². The van der Waals surface area contributed by atoms with Crippen LogP contribution in [0.5, 0.6) is 0 Å². The van der Waals surface area contributed by atoms with E-state index in [-0.39, 0.29) is 24.2 Å². The highest BCUT2D eigenvalue weighted by atomic mass is 16.6. The Labute approximate surface area is 177 Å². The number of alkyl carbamates (subject to hydrolysis) is 1. The normalized spacial score (nSPS) is 11.8. The molecule has 0 aliphatic heterocycles. The van der Waals surface area contributed by atoms with Gasteiger partial charge in [-0.1, -0.05) is 82.3 Å². The molecule has 2 aromatic carbocycles. The Morgan fingerprint density at radius 1 is 0.833 bits per heavy atom. The van der Waals surface area contributed by atoms with E-state index in [4.69, 9.17) is 9.47 Å². The van der Waals surface area contributed by atoms with Crippen molar-refractivity contribution in [1.29, 1.82) is 0 Å². The van der Waals surface area contributed by atoms with Crippen molar-refractivity contribution in [1.82, 2.24) is 5.32 Å². The molecule has 1 amide bonds. The summed E-state index contributed by atoms with van der Waals surface area (Å²) in [6, 6.07) is 16.1. The van der Waals surface area contributed by atoms with Crippen molar-refractivity contribution in [2.75, 3.05) is 13.2 Å². The van der Waals surface area contributed by atoms with Crippen molar-refractivity contribution in [3.8, 4) is 11.1 Å². The van der Waals surface area contributed by atoms with Crippen LogP contribution in [0.3, 0.4) is 0 Å². The van der Waals surface area contributed by atoms with Crippen LogP contribution < -0.4 is 5.32 Å². The number of rotatable bonds is 9. The van der Waals surface area contributed by atoms with E-state index in [9.17, 15) is 14.4 Å². The molecular formula is C24H29NO5. The molecule has 6 heteroatoms. The molecule has 30 heavy (non-hydrogen) atoms. The summed E-state index contributed by atoms with van der Waals surface area (Å²) in [5.41, 5.74) is 2.50. The number of carbonyl (C=O) groups excluding carboxylic acids is 3. The number of hydrogen-bond donors (Lipinski definition) is 1. The predicted octanol–water partition coefficient (Wildman–Crippen LogP) is 4.49. The zero-order chi connectivity index (χ0) is 22.1. The van der Waals surface area contributed by atoms with Crippen molar-refractivity contribution >= 4 is 17.8 Å². The molecule has 0 unspecified atom stereocenters. The minimum atomic E-state index is -0.891. The van der Waals surface area contributed by atoms with E-state index < -0.39 is 24.7 Å². The fraction of sp³-hybridized carbons (Fsp3) is 0.375. The first kappa shape index (κ1) is 23.1. The molecular weight excluding hydrogens is 382 g/mol. The van der Waals surface area contributed by atoms with Gasteiger partial charge in [-0.25, -0.2) is 9.59 Å². The molecule has 0 heterocycles. The molecule has 0 fully saturated rings. The maximum Gasteiger partial charge on any atom is 0.407 e. The van der Waals surface area contributed by atoms with Gasteiger partial charge >= 0.3 is 12.1 Å². The smallest absolute Gasteiger partial charge is 0.407 e. The van der Waals surface area contributed by atoms with Gasteiger partial charge in [0.25, 0.3) is 0 Å². The van der Waals surface area contributed by atoms with E-state index in [2.05, 4.69) is 5.32 Å². The number of Topliss-reactive ketones (excluding diaryl/α,β-unsaturated/α-hetero) is 1. The van der Waals surface area contributed by atoms with E-state index in [0.717, 1.165) is 11.1 Å². The van der Waals surface area contributed by atoms with Gasteiger partial charge in [-0.15, -0.1) is 0 Å². The van der Waals surface area contributed by atoms with Crippen LogP contribution in [-0.4, -0.2) is 37.1 Å². The minimum Gasteiger partial charge on any atom is -0.456 e. The number of nitrogens with one attached hydrogen (secondary N) is 1. The Morgan fingerprint density at radius 2 is 1.43 bits per heavy atom. The second-order valence-corrected chi connectivity index (χ2v) is 7.83. The van der Waals surface area contributed by atoms with Crippen LogP contribution in [0.4, 0.5) is 4.79 Å². The van der Waals surface area contributed by atoms with Gasteiger partial charge in [-0.3, -0.25) is 4.79 Å². The minimum absolute atomic E-state index is 0.186. The molecule has 0 aliphatic rings. The van der Waals surface area contributed by atoms with Crippen molar-refractivity contribution in [3.05, 3.63) is 60.2 Å². The fourth-order valence-corrected chi connectivity index (χ4v) is 2.70. The van der Waals surface area contributed by atoms with Gasteiger partial charge in [0, 0.05) is 5.56 Å². The number of amides is 1. The lowest BCUT2D eigenvalue weighted by atomic mass is 10.0. The summed E-state index contributed by atoms with van der Waals surface area (Å²) in [6.45, 7) is 7.25. The monoisotopic (exact) mass is 411 g/mol. The summed E-state index contributed by atoms with van der Waals surface area (Å²) >= 11 is 0. The molecule has 2 aromatic rings. The number of ether oxygens (including phenoxy) is 2. The molecule has 1 atom stereocenters. The first-order valence-corrected chi connectivity index (χ1v) is 10.1. The highest BCUT2D eigenvalue weighted by molar-refractivity contribution is 5.98. The average molecular weight is 411 g/mol. The molecule has 0 aliphatic carbocycles. The highest BCUT2D eigenvalue weighted by Gasteiger charge is 2.27. The lowest BCUT2D eigenvalue weighted by Gasteiger charge is -2.20. The predicted molar refractivity (Wildman–Crippen MR) is 115 cm³/mol. The molecule has 0 radical (unpaired) electrons. The first-order valence-electron chi connectivity index (χ1n) is 10.1. The number of esters is 1. The third-order valence-electron chi connectivity index (χ3n) is 4.40. The summed E-state index contributed by atoms with van der Waals surface area (Å²) in [7, 11) is 0. The van der Waals surface area contributed by atoms with Crippen LogP contribution in [0, 0.1) is 11.8 Å². The van der Waals surface area contributed by atoms with Gasteiger partial charge in [0.1, 0.15) is 6.04 Å². The number of ketones is 1. The van der Waals surface area contributed by atoms with Crippen LogP contribution in [0.25, 0.3) is 11.1 Å². The molecule has 0 saturated carbocycles. The molecule has 0 aromatic heterocycles. The topological polar surface area (TPSA) is 81.7 Å². The van der Waals surface area contributed by atoms with E-state index in [1.54, 1.807) is 26.0 Å². The SMILES string of the molecule is CC(C)COC(=O)N[C@@H](C(=O)OCC(=O)c1ccc(-c2ccccc2)cc1)C(C)C. The zero-order valence-electron chi connectivity index (χ0n) is 17.9. The third-order valence-corrected chi connectivity index (χ3v) is 4.40. The van der Waals surface area contributed by atoms with E-state index >= 15 is 0 Å². The second-order valence-electron chi connectivity index (χ2n) is 7.83. The maximum absolute atomic E-state index is 12.4. The van der Waals surface area contributed by atoms with E-state index in [0.29, 0.717) is 5.56 Å². The van der Waals surface area contributed by atoms with Gasteiger partial charge in [0.05, 0.1) is 6.61 Å². The Balaban J connectivity index is 1.91. The van der Waals surface area contributed by atoms with Crippen LogP contribution in [0.2, 0.25) is 0 Å². The Kier molecular flexibility index (Phi) is 8.59. The van der Waals surface area contributed by atoms with Gasteiger partial charge in [0.15, 0.2) is 12.4 Å². The zero-order valence-corrected chi connectivity index (χ0v) is 17.9. The number of carbonyl (C=O) groups is 3. The standard InChI is InChI=1S/C24H29NO5/c1-16(2)14-30-24(28)25-22(17(3)4)23(27)29-15-21(26)20-12-10-19(11-13-20)18-8-6-5-7-9-18/h5-13,16-17,22H,14-15H2,1-4H3,(H,25,28)/t22-/m1/s1. The Morgan fingerprint density at radius 3 is 2.00 bits per heavy atom. The van der Waals surface area contributed by atoms with Crippen LogP contribution in [0.1, 0.15) is 38.1 Å². The van der Waals surface area contributed by atoms with Crippen molar-refractivity contribution in [2.24, 2.45) is 11.8 Å². The summed E-state index contributed by atoms with van der Waals surface area (Å²) in [6.07, 6.45) is -0.679. The van der Waals surface area contributed by atoms with Crippen molar-refractivity contribution < 1.29 is 23.9 Å². The van der Waals surface area contributed by atoms with Gasteiger partial charge in [-0.05, 0) is 23.0 Å². The van der Waals surface area contributed by atoms with E-state index in [1.807, 2.05) is 56.3 Å². The quantitative estimate of drug-likeness (QED) is 0.486.